The molecular formula is C15H10Cl2F3N3O. The van der Waals surface area contributed by atoms with E-state index in [2.05, 4.69) is 10.3 Å². The van der Waals surface area contributed by atoms with E-state index in [4.69, 9.17) is 28.5 Å². The number of alkyl halides is 3. The number of aliphatic hydroxyl groups is 1. The van der Waals surface area contributed by atoms with Crippen molar-refractivity contribution >= 4 is 29.0 Å². The van der Waals surface area contributed by atoms with Crippen molar-refractivity contribution in [2.75, 3.05) is 11.9 Å². The minimum atomic E-state index is -4.64. The number of rotatable bonds is 4. The number of halogens is 5. The van der Waals surface area contributed by atoms with E-state index in [-0.39, 0.29) is 17.9 Å². The maximum atomic E-state index is 12.7. The summed E-state index contributed by atoms with van der Waals surface area (Å²) in [7, 11) is 0. The molecule has 1 aromatic heterocycles. The van der Waals surface area contributed by atoms with Crippen LogP contribution >= 0.6 is 23.2 Å². The van der Waals surface area contributed by atoms with Gasteiger partial charge in [0.1, 0.15) is 17.6 Å². The van der Waals surface area contributed by atoms with Crippen LogP contribution in [0.4, 0.5) is 19.0 Å². The highest BCUT2D eigenvalue weighted by Crippen LogP contribution is 2.30. The molecule has 0 saturated carbocycles. The van der Waals surface area contributed by atoms with Crippen LogP contribution in [-0.2, 0) is 6.18 Å². The molecule has 0 radical (unpaired) electrons. The summed E-state index contributed by atoms with van der Waals surface area (Å²) in [6.45, 7) is -0.181. The third-order valence-electron chi connectivity index (χ3n) is 3.04. The molecule has 0 amide bonds. The van der Waals surface area contributed by atoms with Crippen molar-refractivity contribution in [1.82, 2.24) is 4.98 Å². The first kappa shape index (κ1) is 18.3. The number of benzene rings is 1. The molecule has 0 aliphatic heterocycles. The van der Waals surface area contributed by atoms with Crippen molar-refractivity contribution < 1.29 is 18.3 Å². The summed E-state index contributed by atoms with van der Waals surface area (Å²) in [4.78, 5) is 3.39. The fourth-order valence-electron chi connectivity index (χ4n) is 1.92. The van der Waals surface area contributed by atoms with Crippen molar-refractivity contribution in [3.05, 3.63) is 57.2 Å². The van der Waals surface area contributed by atoms with Gasteiger partial charge in [-0.15, -0.1) is 0 Å². The molecule has 0 aliphatic rings. The number of nitrogens with zero attached hydrogens (tertiary/aromatic N) is 2. The first-order chi connectivity index (χ1) is 11.2. The third-order valence-corrected chi connectivity index (χ3v) is 3.48. The van der Waals surface area contributed by atoms with Crippen molar-refractivity contribution in [3.8, 4) is 6.07 Å². The fraction of sp³-hybridized carbons (Fsp3) is 0.200. The number of hydrogen-bond donors (Lipinski definition) is 2. The fourth-order valence-corrected chi connectivity index (χ4v) is 2.46. The van der Waals surface area contributed by atoms with E-state index in [9.17, 15) is 18.3 Å². The Morgan fingerprint density at radius 3 is 2.38 bits per heavy atom. The van der Waals surface area contributed by atoms with E-state index in [0.717, 1.165) is 12.1 Å². The highest BCUT2D eigenvalue weighted by atomic mass is 35.5. The molecule has 4 nitrogen and oxygen atoms in total. The minimum absolute atomic E-state index is 0.0701. The SMILES string of the molecule is N#Cc1ccc(C(F)(F)F)nc1NCC(O)c1cc(Cl)cc(Cl)c1. The maximum absolute atomic E-state index is 12.7. The normalized spacial score (nSPS) is 12.5. The molecule has 0 fully saturated rings. The van der Waals surface area contributed by atoms with Crippen molar-refractivity contribution in [3.63, 3.8) is 0 Å². The van der Waals surface area contributed by atoms with E-state index in [0.29, 0.717) is 15.6 Å². The van der Waals surface area contributed by atoms with E-state index < -0.39 is 18.0 Å². The second-order valence-electron chi connectivity index (χ2n) is 4.80. The summed E-state index contributed by atoms with van der Waals surface area (Å²) in [5, 5.41) is 22.2. The molecule has 0 saturated heterocycles. The summed E-state index contributed by atoms with van der Waals surface area (Å²) in [6.07, 6.45) is -5.74. The predicted octanol–water partition coefficient (Wildman–Crippen LogP) is 4.42. The Balaban J connectivity index is 2.20. The molecular weight excluding hydrogens is 366 g/mol. The lowest BCUT2D eigenvalue weighted by molar-refractivity contribution is -0.141. The molecule has 0 bridgehead atoms. The van der Waals surface area contributed by atoms with Gasteiger partial charge in [-0.3, -0.25) is 0 Å². The van der Waals surface area contributed by atoms with E-state index in [1.807, 2.05) is 0 Å². The molecule has 24 heavy (non-hydrogen) atoms. The lowest BCUT2D eigenvalue weighted by Gasteiger charge is -2.15. The Morgan fingerprint density at radius 2 is 1.83 bits per heavy atom. The van der Waals surface area contributed by atoms with Crippen LogP contribution in [0.15, 0.2) is 30.3 Å². The van der Waals surface area contributed by atoms with Crippen LogP contribution in [0.2, 0.25) is 10.0 Å². The molecule has 1 heterocycles. The Bertz CT molecular complexity index is 770. The smallest absolute Gasteiger partial charge is 0.387 e. The number of nitrogens with one attached hydrogen (secondary N) is 1. The maximum Gasteiger partial charge on any atom is 0.433 e. The minimum Gasteiger partial charge on any atom is -0.387 e. The quantitative estimate of drug-likeness (QED) is 0.829. The average Bonchev–Trinajstić information content (AvgIpc) is 2.50. The predicted molar refractivity (Wildman–Crippen MR) is 83.9 cm³/mol. The Kier molecular flexibility index (Phi) is 5.54. The van der Waals surface area contributed by atoms with Crippen LogP contribution in [0.5, 0.6) is 0 Å². The Labute approximate surface area is 145 Å². The summed E-state index contributed by atoms with van der Waals surface area (Å²) < 4.78 is 38.1. The van der Waals surface area contributed by atoms with Gasteiger partial charge in [-0.25, -0.2) is 4.98 Å². The van der Waals surface area contributed by atoms with Crippen LogP contribution < -0.4 is 5.32 Å². The standard InChI is InChI=1S/C15H10Cl2F3N3O/c16-10-3-9(4-11(17)5-10)12(24)7-22-14-8(6-21)1-2-13(23-14)15(18,19)20/h1-5,12,24H,7H2,(H,22,23). The second-order valence-corrected chi connectivity index (χ2v) is 5.67. The molecule has 9 heteroatoms. The number of nitriles is 1. The van der Waals surface area contributed by atoms with Gasteiger partial charge in [-0.2, -0.15) is 18.4 Å². The Hall–Kier alpha value is -2.01. The van der Waals surface area contributed by atoms with Crippen molar-refractivity contribution in [2.45, 2.75) is 12.3 Å². The van der Waals surface area contributed by atoms with Crippen molar-refractivity contribution in [2.24, 2.45) is 0 Å². The molecule has 2 aromatic rings. The highest BCUT2D eigenvalue weighted by Gasteiger charge is 2.33. The lowest BCUT2D eigenvalue weighted by Crippen LogP contribution is -2.16. The lowest BCUT2D eigenvalue weighted by atomic mass is 10.1. The van der Waals surface area contributed by atoms with Gasteiger partial charge in [0.15, 0.2) is 0 Å². The zero-order valence-electron chi connectivity index (χ0n) is 11.9. The van der Waals surface area contributed by atoms with Crippen LogP contribution in [-0.4, -0.2) is 16.6 Å². The monoisotopic (exact) mass is 375 g/mol. The largest absolute Gasteiger partial charge is 0.433 e. The van der Waals surface area contributed by atoms with Gasteiger partial charge < -0.3 is 10.4 Å². The molecule has 126 valence electrons. The molecule has 1 unspecified atom stereocenters. The second kappa shape index (κ2) is 7.26. The van der Waals surface area contributed by atoms with Crippen LogP contribution in [0.3, 0.4) is 0 Å². The number of aromatic nitrogens is 1. The number of aliphatic hydroxyl groups excluding tert-OH is 1. The van der Waals surface area contributed by atoms with Crippen LogP contribution in [0, 0.1) is 11.3 Å². The third kappa shape index (κ3) is 4.51. The molecule has 1 atom stereocenters. The van der Waals surface area contributed by atoms with Gasteiger partial charge in [-0.05, 0) is 35.9 Å². The summed E-state index contributed by atoms with van der Waals surface area (Å²) in [5.74, 6) is -0.264. The first-order valence-electron chi connectivity index (χ1n) is 6.57. The Morgan fingerprint density at radius 1 is 1.21 bits per heavy atom. The molecule has 0 aliphatic carbocycles. The van der Waals surface area contributed by atoms with Gasteiger partial charge in [-0.1, -0.05) is 23.2 Å². The van der Waals surface area contributed by atoms with Gasteiger partial charge in [0, 0.05) is 16.6 Å². The van der Waals surface area contributed by atoms with Gasteiger partial charge in [0.25, 0.3) is 0 Å². The van der Waals surface area contributed by atoms with Gasteiger partial charge in [0.05, 0.1) is 11.7 Å². The molecule has 2 N–H and O–H groups in total. The van der Waals surface area contributed by atoms with Crippen molar-refractivity contribution in [1.29, 1.82) is 5.26 Å². The summed E-state index contributed by atoms with van der Waals surface area (Å²) in [6, 6.07) is 7.91. The van der Waals surface area contributed by atoms with Gasteiger partial charge >= 0.3 is 6.18 Å². The molecule has 1 aromatic carbocycles. The molecule has 2 rings (SSSR count). The zero-order chi connectivity index (χ0) is 17.9. The topological polar surface area (TPSA) is 68.9 Å². The van der Waals surface area contributed by atoms with E-state index in [1.54, 1.807) is 6.07 Å². The van der Waals surface area contributed by atoms with Crippen LogP contribution in [0.25, 0.3) is 0 Å². The van der Waals surface area contributed by atoms with Gasteiger partial charge in [0.2, 0.25) is 0 Å². The average molecular weight is 376 g/mol. The summed E-state index contributed by atoms with van der Waals surface area (Å²) in [5.41, 5.74) is -0.825. The zero-order valence-corrected chi connectivity index (χ0v) is 13.4. The number of anilines is 1. The number of hydrogen-bond acceptors (Lipinski definition) is 4. The first-order valence-corrected chi connectivity index (χ1v) is 7.32. The highest BCUT2D eigenvalue weighted by molar-refractivity contribution is 6.34. The molecule has 0 spiro atoms. The van der Waals surface area contributed by atoms with Crippen LogP contribution in [0.1, 0.15) is 22.9 Å². The van der Waals surface area contributed by atoms with E-state index >= 15 is 0 Å². The van der Waals surface area contributed by atoms with E-state index in [1.165, 1.54) is 18.2 Å². The number of pyridine rings is 1. The summed E-state index contributed by atoms with van der Waals surface area (Å²) >= 11 is 11.7.